The van der Waals surface area contributed by atoms with Gasteiger partial charge in [0.2, 0.25) is 11.8 Å². The van der Waals surface area contributed by atoms with Crippen molar-refractivity contribution in [3.8, 4) is 5.75 Å². The molecule has 0 saturated heterocycles. The molecule has 2 aromatic carbocycles. The minimum Gasteiger partial charge on any atom is -0.495 e. The first-order chi connectivity index (χ1) is 12.6. The van der Waals surface area contributed by atoms with Crippen LogP contribution in [0.25, 0.3) is 0 Å². The third-order valence-electron chi connectivity index (χ3n) is 4.58. The van der Waals surface area contributed by atoms with Crippen molar-refractivity contribution in [2.45, 2.75) is 34.6 Å². The van der Waals surface area contributed by atoms with Crippen LogP contribution in [0.3, 0.4) is 0 Å². The third kappa shape index (κ3) is 4.42. The van der Waals surface area contributed by atoms with Crippen molar-refractivity contribution in [3.05, 3.63) is 52.0 Å². The van der Waals surface area contributed by atoms with E-state index in [2.05, 4.69) is 10.6 Å². The van der Waals surface area contributed by atoms with E-state index in [4.69, 9.17) is 16.3 Å². The van der Waals surface area contributed by atoms with Crippen LogP contribution in [-0.2, 0) is 9.59 Å². The Morgan fingerprint density at radius 1 is 0.963 bits per heavy atom. The number of carbonyl (C=O) groups is 2. The fraction of sp³-hybridized carbons (Fsp3) is 0.333. The average molecular weight is 389 g/mol. The molecule has 0 aliphatic carbocycles. The van der Waals surface area contributed by atoms with Crippen molar-refractivity contribution in [2.24, 2.45) is 5.41 Å². The number of aryl methyl sites for hydroxylation is 3. The fourth-order valence-corrected chi connectivity index (χ4v) is 2.75. The first kappa shape index (κ1) is 20.8. The highest BCUT2D eigenvalue weighted by Gasteiger charge is 2.37. The Hall–Kier alpha value is -2.53. The van der Waals surface area contributed by atoms with Crippen molar-refractivity contribution in [1.82, 2.24) is 0 Å². The second-order valence-corrected chi connectivity index (χ2v) is 7.51. The summed E-state index contributed by atoms with van der Waals surface area (Å²) in [6.45, 7) is 8.82. The summed E-state index contributed by atoms with van der Waals surface area (Å²) in [7, 11) is 1.50. The van der Waals surface area contributed by atoms with E-state index in [1.54, 1.807) is 26.0 Å². The minimum absolute atomic E-state index is 0.387. The van der Waals surface area contributed by atoms with E-state index in [0.717, 1.165) is 22.4 Å². The van der Waals surface area contributed by atoms with E-state index in [0.29, 0.717) is 16.5 Å². The summed E-state index contributed by atoms with van der Waals surface area (Å²) < 4.78 is 5.28. The lowest BCUT2D eigenvalue weighted by atomic mass is 9.90. The SMILES string of the molecule is COc1cc(Cl)c(C)cc1NC(=O)C(C)(C)C(=O)Nc1c(C)cccc1C. The lowest BCUT2D eigenvalue weighted by molar-refractivity contribution is -0.135. The van der Waals surface area contributed by atoms with Crippen LogP contribution in [0.1, 0.15) is 30.5 Å². The number of carbonyl (C=O) groups excluding carboxylic acids is 2. The largest absolute Gasteiger partial charge is 0.495 e. The standard InChI is InChI=1S/C21H25ClN2O3/c1-12-8-7-9-13(2)18(12)24-20(26)21(4,5)19(25)23-16-10-14(3)15(22)11-17(16)27-6/h7-11H,1-6H3,(H,23,25)(H,24,26). The third-order valence-corrected chi connectivity index (χ3v) is 4.99. The molecule has 0 aliphatic rings. The fourth-order valence-electron chi connectivity index (χ4n) is 2.59. The monoisotopic (exact) mass is 388 g/mol. The van der Waals surface area contributed by atoms with Gasteiger partial charge in [-0.25, -0.2) is 0 Å². The molecule has 27 heavy (non-hydrogen) atoms. The van der Waals surface area contributed by atoms with Gasteiger partial charge in [0.25, 0.3) is 0 Å². The van der Waals surface area contributed by atoms with Gasteiger partial charge in [0.05, 0.1) is 12.8 Å². The molecule has 0 unspecified atom stereocenters. The Morgan fingerprint density at radius 2 is 1.52 bits per heavy atom. The molecule has 0 spiro atoms. The zero-order valence-electron chi connectivity index (χ0n) is 16.5. The summed E-state index contributed by atoms with van der Waals surface area (Å²) in [5, 5.41) is 6.20. The summed E-state index contributed by atoms with van der Waals surface area (Å²) in [6, 6.07) is 9.11. The van der Waals surface area contributed by atoms with Crippen molar-refractivity contribution in [2.75, 3.05) is 17.7 Å². The van der Waals surface area contributed by atoms with Crippen LogP contribution in [0.2, 0.25) is 5.02 Å². The smallest absolute Gasteiger partial charge is 0.239 e. The normalized spacial score (nSPS) is 11.1. The first-order valence-electron chi connectivity index (χ1n) is 8.61. The quantitative estimate of drug-likeness (QED) is 0.717. The predicted molar refractivity (Wildman–Crippen MR) is 110 cm³/mol. The molecule has 5 nitrogen and oxygen atoms in total. The summed E-state index contributed by atoms with van der Waals surface area (Å²) in [5.41, 5.74) is 2.57. The number of para-hydroxylation sites is 1. The maximum Gasteiger partial charge on any atom is 0.239 e. The van der Waals surface area contributed by atoms with E-state index in [-0.39, 0.29) is 5.91 Å². The van der Waals surface area contributed by atoms with Gasteiger partial charge in [-0.3, -0.25) is 9.59 Å². The van der Waals surface area contributed by atoms with Gasteiger partial charge in [-0.05, 0) is 57.4 Å². The molecule has 0 aliphatic heterocycles. The van der Waals surface area contributed by atoms with Crippen LogP contribution >= 0.6 is 11.6 Å². The molecule has 2 N–H and O–H groups in total. The van der Waals surface area contributed by atoms with Crippen LogP contribution in [0, 0.1) is 26.2 Å². The molecule has 0 radical (unpaired) electrons. The maximum atomic E-state index is 12.8. The maximum absolute atomic E-state index is 12.8. The summed E-state index contributed by atoms with van der Waals surface area (Å²) >= 11 is 6.10. The van der Waals surface area contributed by atoms with E-state index >= 15 is 0 Å². The molecule has 0 bridgehead atoms. The second kappa shape index (κ2) is 8.01. The number of rotatable bonds is 5. The first-order valence-corrected chi connectivity index (χ1v) is 8.99. The van der Waals surface area contributed by atoms with Crippen LogP contribution in [0.5, 0.6) is 5.75 Å². The zero-order valence-corrected chi connectivity index (χ0v) is 17.2. The number of nitrogens with one attached hydrogen (secondary N) is 2. The summed E-state index contributed by atoms with van der Waals surface area (Å²) in [4.78, 5) is 25.7. The van der Waals surface area contributed by atoms with E-state index in [1.807, 2.05) is 39.0 Å². The molecular weight excluding hydrogens is 364 g/mol. The molecule has 6 heteroatoms. The highest BCUT2D eigenvalue weighted by molar-refractivity contribution is 6.31. The molecule has 2 amide bonds. The number of halogens is 1. The van der Waals surface area contributed by atoms with E-state index in [1.165, 1.54) is 7.11 Å². The highest BCUT2D eigenvalue weighted by atomic mass is 35.5. The second-order valence-electron chi connectivity index (χ2n) is 7.10. The molecule has 2 rings (SSSR count). The Bertz CT molecular complexity index is 871. The number of amides is 2. The highest BCUT2D eigenvalue weighted by Crippen LogP contribution is 2.32. The van der Waals surface area contributed by atoms with Crippen LogP contribution in [0.15, 0.2) is 30.3 Å². The lowest BCUT2D eigenvalue weighted by Crippen LogP contribution is -2.41. The van der Waals surface area contributed by atoms with Crippen LogP contribution in [0.4, 0.5) is 11.4 Å². The van der Waals surface area contributed by atoms with Gasteiger partial charge in [0.1, 0.15) is 11.2 Å². The molecule has 144 valence electrons. The molecular formula is C21H25ClN2O3. The number of anilines is 2. The summed E-state index contributed by atoms with van der Waals surface area (Å²) in [6.07, 6.45) is 0. The Morgan fingerprint density at radius 3 is 2.07 bits per heavy atom. The zero-order chi connectivity index (χ0) is 20.4. The minimum atomic E-state index is -1.30. The van der Waals surface area contributed by atoms with Crippen molar-refractivity contribution in [3.63, 3.8) is 0 Å². The van der Waals surface area contributed by atoms with Crippen molar-refractivity contribution >= 4 is 34.8 Å². The number of ether oxygens (including phenoxy) is 1. The predicted octanol–water partition coefficient (Wildman–Crippen LogP) is 4.88. The van der Waals surface area contributed by atoms with Gasteiger partial charge in [-0.15, -0.1) is 0 Å². The Labute approximate surface area is 165 Å². The average Bonchev–Trinajstić information content (AvgIpc) is 2.60. The van der Waals surface area contributed by atoms with Crippen LogP contribution < -0.4 is 15.4 Å². The van der Waals surface area contributed by atoms with Gasteiger partial charge >= 0.3 is 0 Å². The van der Waals surface area contributed by atoms with E-state index < -0.39 is 11.3 Å². The molecule has 0 fully saturated rings. The number of hydrogen-bond donors (Lipinski definition) is 2. The summed E-state index contributed by atoms with van der Waals surface area (Å²) in [5.74, 6) is -0.391. The molecule has 2 aromatic rings. The van der Waals surface area contributed by atoms with Gasteiger partial charge in [-0.1, -0.05) is 29.8 Å². The van der Waals surface area contributed by atoms with Gasteiger partial charge in [-0.2, -0.15) is 0 Å². The molecule has 0 heterocycles. The Balaban J connectivity index is 2.24. The van der Waals surface area contributed by atoms with Gasteiger partial charge in [0.15, 0.2) is 0 Å². The molecule has 0 atom stereocenters. The van der Waals surface area contributed by atoms with Crippen LogP contribution in [-0.4, -0.2) is 18.9 Å². The van der Waals surface area contributed by atoms with E-state index in [9.17, 15) is 9.59 Å². The number of benzene rings is 2. The van der Waals surface area contributed by atoms with Gasteiger partial charge < -0.3 is 15.4 Å². The number of hydrogen-bond acceptors (Lipinski definition) is 3. The Kier molecular flexibility index (Phi) is 6.16. The molecule has 0 saturated carbocycles. The van der Waals surface area contributed by atoms with Crippen molar-refractivity contribution < 1.29 is 14.3 Å². The number of methoxy groups -OCH3 is 1. The van der Waals surface area contributed by atoms with Crippen molar-refractivity contribution in [1.29, 1.82) is 0 Å². The lowest BCUT2D eigenvalue weighted by Gasteiger charge is -2.24. The topological polar surface area (TPSA) is 67.4 Å². The van der Waals surface area contributed by atoms with Gasteiger partial charge in [0, 0.05) is 16.8 Å². The molecule has 0 aromatic heterocycles.